The van der Waals surface area contributed by atoms with Gasteiger partial charge in [-0.2, -0.15) is 0 Å². The minimum atomic E-state index is -1.19. The molecule has 0 N–H and O–H groups in total. The van der Waals surface area contributed by atoms with Crippen molar-refractivity contribution in [2.45, 2.75) is 31.1 Å². The molecule has 57 heavy (non-hydrogen) atoms. The van der Waals surface area contributed by atoms with Crippen molar-refractivity contribution < 1.29 is 0 Å². The Balaban J connectivity index is 1.18. The minimum absolute atomic E-state index is 0.115. The molecular formula is C55H42Ge2. The van der Waals surface area contributed by atoms with Gasteiger partial charge in [0.15, 0.2) is 0 Å². The van der Waals surface area contributed by atoms with Crippen molar-refractivity contribution in [3.8, 4) is 66.8 Å². The van der Waals surface area contributed by atoms with Crippen LogP contribution in [0.5, 0.6) is 0 Å². The van der Waals surface area contributed by atoms with Gasteiger partial charge in [0.25, 0.3) is 0 Å². The van der Waals surface area contributed by atoms with Crippen LogP contribution in [0, 0.1) is 0 Å². The number of fused-ring (bicyclic) bond motifs is 10. The van der Waals surface area contributed by atoms with Crippen molar-refractivity contribution in [3.63, 3.8) is 0 Å². The second kappa shape index (κ2) is 13.1. The molecule has 1 spiro atoms. The van der Waals surface area contributed by atoms with Gasteiger partial charge in [-0.15, -0.1) is 0 Å². The Hall–Kier alpha value is -5.41. The Bertz CT molecular complexity index is 3130. The van der Waals surface area contributed by atoms with E-state index in [4.69, 9.17) is 0 Å². The van der Waals surface area contributed by atoms with Gasteiger partial charge in [0, 0.05) is 0 Å². The van der Waals surface area contributed by atoms with E-state index >= 15 is 0 Å². The molecule has 0 unspecified atom stereocenters. The van der Waals surface area contributed by atoms with E-state index < -0.39 is 15.4 Å². The van der Waals surface area contributed by atoms with Gasteiger partial charge < -0.3 is 0 Å². The molecule has 2 heteroatoms. The van der Waals surface area contributed by atoms with Gasteiger partial charge in [-0.25, -0.2) is 0 Å². The summed E-state index contributed by atoms with van der Waals surface area (Å²) in [6.07, 6.45) is 5.06. The predicted octanol–water partition coefficient (Wildman–Crippen LogP) is 10.6. The monoisotopic (exact) mass is 850 g/mol. The summed E-state index contributed by atoms with van der Waals surface area (Å²) in [5.74, 6) is 0. The zero-order valence-corrected chi connectivity index (χ0v) is 39.4. The molecule has 1 heterocycles. The summed E-state index contributed by atoms with van der Waals surface area (Å²) < 4.78 is 4.72. The van der Waals surface area contributed by atoms with Crippen molar-refractivity contribution in [2.75, 3.05) is 0 Å². The van der Waals surface area contributed by atoms with Crippen LogP contribution in [0.25, 0.3) is 88.3 Å². The topological polar surface area (TPSA) is 0 Å². The standard InChI is InChI=1S/C55H42Ge2/c56-50-28-5-2-16-37(50)35-15-9-14-34(32-35)36-19-10-21-40-46(36)33-47-38(42-23-12-24-43-39-17-3-6-29-51(39)57-54(42)43)20-11-22-41(47)52(40)45-25-13-27-49-53(45)44-18-1-4-26-48(44)55(49)30-7-8-31-55/h1-6,9-29,32-33H,7-8,30-31,57H2,56H3. The molecule has 0 saturated heterocycles. The van der Waals surface area contributed by atoms with Crippen molar-refractivity contribution >= 4 is 66.7 Å². The van der Waals surface area contributed by atoms with Crippen LogP contribution in [0.15, 0.2) is 176 Å². The van der Waals surface area contributed by atoms with Gasteiger partial charge in [-0.05, 0) is 0 Å². The van der Waals surface area contributed by atoms with Crippen LogP contribution in [0.3, 0.4) is 0 Å². The fourth-order valence-corrected chi connectivity index (χ4v) is 17.2. The third kappa shape index (κ3) is 5.00. The average Bonchev–Trinajstić information content (AvgIpc) is 3.98. The molecule has 0 amide bonds. The van der Waals surface area contributed by atoms with Gasteiger partial charge in [0.2, 0.25) is 0 Å². The summed E-state index contributed by atoms with van der Waals surface area (Å²) in [7, 11) is 0. The maximum absolute atomic E-state index is 2.55. The van der Waals surface area contributed by atoms with Crippen molar-refractivity contribution in [1.29, 1.82) is 0 Å². The molecule has 1 saturated carbocycles. The summed E-state index contributed by atoms with van der Waals surface area (Å²) in [5.41, 5.74) is 19.8. The molecule has 0 aromatic heterocycles. The molecule has 0 atom stereocenters. The molecule has 9 aromatic carbocycles. The SMILES string of the molecule is [GeH3][c]1ccccc1-c1cccc(-c2cccc3c(-c4cccc5c4-c4ccccc4C54CCCC4)c4cccc(-c5cccc6[c]5[GeH2][c]5ccccc5-6)c4cc23)c1. The summed E-state index contributed by atoms with van der Waals surface area (Å²) >= 11 is -0.595. The second-order valence-electron chi connectivity index (χ2n) is 16.7. The Kier molecular flexibility index (Phi) is 7.72. The average molecular weight is 848 g/mol. The van der Waals surface area contributed by atoms with Crippen molar-refractivity contribution in [1.82, 2.24) is 0 Å². The maximum atomic E-state index is 2.55. The first-order chi connectivity index (χ1) is 28.2. The first-order valence-electron chi connectivity index (χ1n) is 20.8. The molecule has 3 aliphatic rings. The Labute approximate surface area is 349 Å². The van der Waals surface area contributed by atoms with E-state index in [1.165, 1.54) is 118 Å². The zero-order valence-electron chi connectivity index (χ0n) is 32.3. The fourth-order valence-electron chi connectivity index (χ4n) is 11.3. The van der Waals surface area contributed by atoms with Crippen LogP contribution in [0.2, 0.25) is 0 Å². The number of hydrogen-bond donors (Lipinski definition) is 0. The zero-order chi connectivity index (χ0) is 37.7. The van der Waals surface area contributed by atoms with E-state index in [1.54, 1.807) is 19.9 Å². The summed E-state index contributed by atoms with van der Waals surface area (Å²) in [4.78, 5) is 0. The van der Waals surface area contributed by atoms with Crippen LogP contribution >= 0.6 is 0 Å². The van der Waals surface area contributed by atoms with E-state index in [0.717, 1.165) is 0 Å². The van der Waals surface area contributed by atoms with E-state index in [0.29, 0.717) is 16.5 Å². The molecule has 1 fully saturated rings. The molecule has 12 rings (SSSR count). The first-order valence-corrected chi connectivity index (χ1v) is 25.8. The Morgan fingerprint density at radius 3 is 1.74 bits per heavy atom. The third-order valence-corrected chi connectivity index (χ3v) is 20.1. The summed E-state index contributed by atoms with van der Waals surface area (Å²) in [5, 5.41) is 5.34. The van der Waals surface area contributed by atoms with E-state index in [1.807, 2.05) is 0 Å². The van der Waals surface area contributed by atoms with Crippen LogP contribution in [0.1, 0.15) is 36.8 Å². The number of hydrogen-bond acceptors (Lipinski definition) is 0. The number of benzene rings is 9. The molecule has 1 aliphatic heterocycles. The predicted molar refractivity (Wildman–Crippen MR) is 251 cm³/mol. The molecule has 0 radical (unpaired) electrons. The Morgan fingerprint density at radius 2 is 0.930 bits per heavy atom. The molecule has 9 aromatic rings. The van der Waals surface area contributed by atoms with Crippen LogP contribution in [-0.2, 0) is 5.41 Å². The Morgan fingerprint density at radius 1 is 0.386 bits per heavy atom. The normalized spacial score (nSPS) is 15.0. The van der Waals surface area contributed by atoms with Gasteiger partial charge in [0.05, 0.1) is 0 Å². The van der Waals surface area contributed by atoms with Crippen molar-refractivity contribution in [3.05, 3.63) is 187 Å². The fraction of sp³-hybridized carbons (Fsp3) is 0.0909. The van der Waals surface area contributed by atoms with Crippen molar-refractivity contribution in [2.24, 2.45) is 0 Å². The van der Waals surface area contributed by atoms with E-state index in [2.05, 4.69) is 176 Å². The van der Waals surface area contributed by atoms with Crippen LogP contribution in [0.4, 0.5) is 0 Å². The van der Waals surface area contributed by atoms with E-state index in [9.17, 15) is 0 Å². The van der Waals surface area contributed by atoms with Crippen LogP contribution < -0.4 is 13.2 Å². The van der Waals surface area contributed by atoms with Gasteiger partial charge in [0.1, 0.15) is 0 Å². The third-order valence-electron chi connectivity index (χ3n) is 13.8. The van der Waals surface area contributed by atoms with Gasteiger partial charge >= 0.3 is 352 Å². The number of rotatable bonds is 4. The first kappa shape index (κ1) is 33.7. The summed E-state index contributed by atoms with van der Waals surface area (Å²) in [6, 6.07) is 67.9. The molecule has 0 bridgehead atoms. The van der Waals surface area contributed by atoms with Gasteiger partial charge in [-0.3, -0.25) is 0 Å². The molecule has 270 valence electrons. The molecule has 2 aliphatic carbocycles. The molecular weight excluding hydrogens is 806 g/mol. The van der Waals surface area contributed by atoms with Gasteiger partial charge in [-0.1, -0.05) is 0 Å². The molecule has 0 nitrogen and oxygen atoms in total. The van der Waals surface area contributed by atoms with Crippen LogP contribution in [-0.4, -0.2) is 31.9 Å². The quantitative estimate of drug-likeness (QED) is 0.122. The van der Waals surface area contributed by atoms with E-state index in [-0.39, 0.29) is 5.41 Å². The summed E-state index contributed by atoms with van der Waals surface area (Å²) in [6.45, 7) is 0. The second-order valence-corrected chi connectivity index (χ2v) is 22.8.